The van der Waals surface area contributed by atoms with Crippen LogP contribution in [0.25, 0.3) is 11.4 Å². The summed E-state index contributed by atoms with van der Waals surface area (Å²) >= 11 is 0. The number of ether oxygens (including phenoxy) is 2. The third-order valence-electron chi connectivity index (χ3n) is 6.10. The summed E-state index contributed by atoms with van der Waals surface area (Å²) in [6, 6.07) is 19.7. The molecule has 2 aromatic rings. The Morgan fingerprint density at radius 3 is 2.38 bits per heavy atom. The number of aromatic amines is 3. The van der Waals surface area contributed by atoms with Gasteiger partial charge in [0.2, 0.25) is 5.95 Å². The number of nitrogens with one attached hydrogen (secondary N) is 5. The minimum atomic E-state index is -0.883. The van der Waals surface area contributed by atoms with Crippen LogP contribution in [0.15, 0.2) is 66.9 Å². The average Bonchev–Trinajstić information content (AvgIpc) is 3.14. The van der Waals surface area contributed by atoms with Crippen molar-refractivity contribution in [1.82, 2.24) is 25.5 Å². The summed E-state index contributed by atoms with van der Waals surface area (Å²) in [5, 5.41) is 21.3. The van der Waals surface area contributed by atoms with E-state index >= 15 is 0 Å². The van der Waals surface area contributed by atoms with E-state index in [1.54, 1.807) is 6.20 Å². The number of alkyl carbamates (subject to hydrolysis) is 1. The van der Waals surface area contributed by atoms with Gasteiger partial charge >= 0.3 is 12.1 Å². The Morgan fingerprint density at radius 2 is 1.67 bits per heavy atom. The van der Waals surface area contributed by atoms with Crippen LogP contribution in [0.1, 0.15) is 50.4 Å². The van der Waals surface area contributed by atoms with Gasteiger partial charge in [-0.05, 0) is 81.1 Å². The molecule has 1 amide bonds. The van der Waals surface area contributed by atoms with E-state index in [9.17, 15) is 9.59 Å². The molecule has 2 aliphatic rings. The van der Waals surface area contributed by atoms with Crippen LogP contribution >= 0.6 is 0 Å². The number of aromatic nitrogens is 4. The highest BCUT2D eigenvalue weighted by Gasteiger charge is 2.15. The van der Waals surface area contributed by atoms with Gasteiger partial charge in [-0.25, -0.2) is 9.78 Å². The Labute approximate surface area is 244 Å². The van der Waals surface area contributed by atoms with Crippen molar-refractivity contribution in [2.45, 2.75) is 52.1 Å². The summed E-state index contributed by atoms with van der Waals surface area (Å²) in [6.07, 6.45) is 3.64. The Hall–Kier alpha value is -4.93. The molecule has 0 radical (unpaired) electrons. The van der Waals surface area contributed by atoms with Crippen LogP contribution in [-0.4, -0.2) is 56.1 Å². The molecule has 0 saturated carbocycles. The largest absolute Gasteiger partial charge is 0.493 e. The van der Waals surface area contributed by atoms with Crippen LogP contribution in [0.5, 0.6) is 5.75 Å². The Kier molecular flexibility index (Phi) is 10.1. The summed E-state index contributed by atoms with van der Waals surface area (Å²) in [4.78, 5) is 30.2. The molecule has 11 nitrogen and oxygen atoms in total. The summed E-state index contributed by atoms with van der Waals surface area (Å²) < 4.78 is 10.7. The zero-order chi connectivity index (χ0) is 30.0. The van der Waals surface area contributed by atoms with Crippen molar-refractivity contribution >= 4 is 23.7 Å². The molecule has 11 heteroatoms. The number of carboxylic acid groups (broad SMARTS) is 1. The SMILES string of the molecule is CC(C)(C)OC(=O)NCCCc1ccc(Nc2ncc3[nH][nH]c(Cc4ccc(OCCC(=O)O)cc4)ccc-3[nH]2)cc1. The number of H-pyrrole nitrogens is 3. The number of fused-ring (bicyclic) bond motifs is 1. The maximum atomic E-state index is 11.8. The molecule has 0 spiro atoms. The molecule has 222 valence electrons. The molecular weight excluding hydrogens is 536 g/mol. The first-order valence-electron chi connectivity index (χ1n) is 13.9. The van der Waals surface area contributed by atoms with Crippen LogP contribution < -0.4 is 15.4 Å². The smallest absolute Gasteiger partial charge is 0.407 e. The molecule has 0 aromatic heterocycles. The number of carboxylic acids is 1. The van der Waals surface area contributed by atoms with E-state index in [1.165, 1.54) is 5.56 Å². The average molecular weight is 575 g/mol. The standard InChI is InChI=1S/C31H38N6O5/c1-31(2,3)42-30(40)32-17-4-5-21-6-10-23(11-7-21)34-29-33-20-27-26(35-29)15-12-24(36-37-27)19-22-8-13-25(14-9-22)41-18-16-28(38)39/h6-15,20,36-37H,4-5,16-19H2,1-3H3,(H,32,40)(H,38,39)(H2,33,34,35). The molecule has 4 rings (SSSR count). The van der Waals surface area contributed by atoms with Crippen molar-refractivity contribution in [3.63, 3.8) is 0 Å². The van der Waals surface area contributed by atoms with E-state index < -0.39 is 17.7 Å². The van der Waals surface area contributed by atoms with E-state index in [2.05, 4.69) is 42.9 Å². The molecule has 2 heterocycles. The van der Waals surface area contributed by atoms with Gasteiger partial charge in [0.15, 0.2) is 0 Å². The minimum absolute atomic E-state index is 0.0337. The van der Waals surface area contributed by atoms with Gasteiger partial charge in [-0.2, -0.15) is 0 Å². The first-order valence-corrected chi connectivity index (χ1v) is 13.9. The maximum absolute atomic E-state index is 11.8. The van der Waals surface area contributed by atoms with Gasteiger partial charge in [-0.15, -0.1) is 0 Å². The normalized spacial score (nSPS) is 11.1. The van der Waals surface area contributed by atoms with Crippen molar-refractivity contribution in [1.29, 1.82) is 0 Å². The van der Waals surface area contributed by atoms with E-state index in [-0.39, 0.29) is 13.0 Å². The summed E-state index contributed by atoms with van der Waals surface area (Å²) in [5.74, 6) is 0.366. The zero-order valence-electron chi connectivity index (χ0n) is 24.1. The number of carbonyl (C=O) groups is 2. The molecule has 0 unspecified atom stereocenters. The first-order chi connectivity index (χ1) is 20.1. The number of rotatable bonds is 12. The lowest BCUT2D eigenvalue weighted by atomic mass is 10.1. The van der Waals surface area contributed by atoms with E-state index in [4.69, 9.17) is 14.6 Å². The number of hydrogen-bond acceptors (Lipinski definition) is 6. The van der Waals surface area contributed by atoms with Gasteiger partial charge in [0.25, 0.3) is 0 Å². The van der Waals surface area contributed by atoms with Gasteiger partial charge in [-0.3, -0.25) is 9.89 Å². The number of amides is 1. The van der Waals surface area contributed by atoms with E-state index in [0.29, 0.717) is 24.7 Å². The monoisotopic (exact) mass is 574 g/mol. The number of nitrogens with zero attached hydrogens (tertiary/aromatic N) is 1. The molecular formula is C31H38N6O5. The highest BCUT2D eigenvalue weighted by atomic mass is 16.6. The predicted molar refractivity (Wildman–Crippen MR) is 161 cm³/mol. The van der Waals surface area contributed by atoms with Crippen molar-refractivity contribution < 1.29 is 24.2 Å². The molecule has 2 aromatic carbocycles. The molecule has 0 atom stereocenters. The summed E-state index contributed by atoms with van der Waals surface area (Å²) in [7, 11) is 0. The van der Waals surface area contributed by atoms with Gasteiger partial charge in [0.05, 0.1) is 30.6 Å². The molecule has 2 aliphatic heterocycles. The fourth-order valence-corrected chi connectivity index (χ4v) is 4.06. The topological polar surface area (TPSA) is 157 Å². The quantitative estimate of drug-likeness (QED) is 0.114. The minimum Gasteiger partial charge on any atom is -0.493 e. The second-order valence-corrected chi connectivity index (χ2v) is 10.8. The van der Waals surface area contributed by atoms with E-state index in [1.807, 2.05) is 69.3 Å². The third kappa shape index (κ3) is 9.92. The Morgan fingerprint density at radius 1 is 0.929 bits per heavy atom. The number of carbonyl (C=O) groups excluding carboxylic acids is 1. The fraction of sp³-hybridized carbons (Fsp3) is 0.323. The lowest BCUT2D eigenvalue weighted by molar-refractivity contribution is -0.137. The van der Waals surface area contributed by atoms with Crippen molar-refractivity contribution in [3.8, 4) is 17.1 Å². The van der Waals surface area contributed by atoms with E-state index in [0.717, 1.165) is 41.2 Å². The lowest BCUT2D eigenvalue weighted by Gasteiger charge is -2.19. The zero-order valence-corrected chi connectivity index (χ0v) is 24.1. The number of aryl methyl sites for hydroxylation is 1. The van der Waals surface area contributed by atoms with Gasteiger partial charge in [-0.1, -0.05) is 24.3 Å². The maximum Gasteiger partial charge on any atom is 0.407 e. The Bertz CT molecular complexity index is 1460. The van der Waals surface area contributed by atoms with Crippen LogP contribution in [-0.2, 0) is 22.4 Å². The van der Waals surface area contributed by atoms with Crippen molar-refractivity contribution in [3.05, 3.63) is 83.7 Å². The molecule has 0 aliphatic carbocycles. The van der Waals surface area contributed by atoms with Crippen molar-refractivity contribution in [2.24, 2.45) is 0 Å². The molecule has 0 bridgehead atoms. The fourth-order valence-electron chi connectivity index (χ4n) is 4.06. The summed E-state index contributed by atoms with van der Waals surface area (Å²) in [6.45, 7) is 6.22. The van der Waals surface area contributed by atoms with Crippen LogP contribution in [0, 0.1) is 0 Å². The summed E-state index contributed by atoms with van der Waals surface area (Å²) in [5.41, 5.74) is 5.29. The predicted octanol–water partition coefficient (Wildman–Crippen LogP) is 5.94. The number of anilines is 2. The first kappa shape index (κ1) is 30.0. The number of benzene rings is 2. The van der Waals surface area contributed by atoms with Crippen LogP contribution in [0.4, 0.5) is 16.4 Å². The third-order valence-corrected chi connectivity index (χ3v) is 6.10. The highest BCUT2D eigenvalue weighted by molar-refractivity contribution is 5.67. The Balaban J connectivity index is 1.30. The lowest BCUT2D eigenvalue weighted by Crippen LogP contribution is -2.33. The van der Waals surface area contributed by atoms with Crippen LogP contribution in [0.3, 0.4) is 0 Å². The van der Waals surface area contributed by atoms with Gasteiger partial charge in [0.1, 0.15) is 11.4 Å². The van der Waals surface area contributed by atoms with Crippen molar-refractivity contribution in [2.75, 3.05) is 18.5 Å². The molecule has 0 fully saturated rings. The second-order valence-electron chi connectivity index (χ2n) is 10.8. The highest BCUT2D eigenvalue weighted by Crippen LogP contribution is 2.20. The number of aliphatic carboxylic acids is 1. The second kappa shape index (κ2) is 14.1. The molecule has 0 saturated heterocycles. The number of hydrogen-bond donors (Lipinski definition) is 6. The van der Waals surface area contributed by atoms with Gasteiger partial charge in [0, 0.05) is 24.3 Å². The van der Waals surface area contributed by atoms with Gasteiger partial charge < -0.3 is 35.3 Å². The van der Waals surface area contributed by atoms with Crippen LogP contribution in [0.2, 0.25) is 0 Å². The molecule has 42 heavy (non-hydrogen) atoms. The molecule has 6 N–H and O–H groups in total.